The smallest absolute Gasteiger partial charge is 0.339 e. The highest BCUT2D eigenvalue weighted by molar-refractivity contribution is 6.16. The Morgan fingerprint density at radius 3 is 2.36 bits per heavy atom. The molecule has 1 aromatic heterocycles. The topological polar surface area (TPSA) is 107 Å². The van der Waals surface area contributed by atoms with Gasteiger partial charge in [0, 0.05) is 29.6 Å². The minimum absolute atomic E-state index is 0.0591. The van der Waals surface area contributed by atoms with E-state index in [1.807, 2.05) is 35.2 Å². The van der Waals surface area contributed by atoms with Crippen molar-refractivity contribution >= 4 is 34.2 Å². The van der Waals surface area contributed by atoms with E-state index >= 15 is 0 Å². The molecule has 4 aromatic rings. The highest BCUT2D eigenvalue weighted by Crippen LogP contribution is 2.43. The number of fused-ring (bicyclic) bond motifs is 2. The molecule has 9 heteroatoms. The summed E-state index contributed by atoms with van der Waals surface area (Å²) in [5, 5.41) is 11.8. The lowest BCUT2D eigenvalue weighted by Gasteiger charge is -2.33. The van der Waals surface area contributed by atoms with Crippen LogP contribution in [0.2, 0.25) is 0 Å². The summed E-state index contributed by atoms with van der Waals surface area (Å²) in [6.45, 7) is 0.548. The van der Waals surface area contributed by atoms with Crippen molar-refractivity contribution in [3.05, 3.63) is 77.5 Å². The van der Waals surface area contributed by atoms with Gasteiger partial charge in [-0.15, -0.1) is 0 Å². The van der Waals surface area contributed by atoms with Crippen LogP contribution in [0.4, 0.5) is 11.5 Å². The van der Waals surface area contributed by atoms with Gasteiger partial charge in [-0.05, 0) is 59.2 Å². The monoisotopic (exact) mass is 528 g/mol. The van der Waals surface area contributed by atoms with Gasteiger partial charge in [0.25, 0.3) is 0 Å². The van der Waals surface area contributed by atoms with E-state index in [2.05, 4.69) is 4.98 Å². The van der Waals surface area contributed by atoms with E-state index in [9.17, 15) is 14.7 Å². The van der Waals surface area contributed by atoms with Crippen LogP contribution in [0.1, 0.15) is 38.8 Å². The van der Waals surface area contributed by atoms with Gasteiger partial charge in [-0.3, -0.25) is 0 Å². The number of methoxy groups -OCH3 is 4. The van der Waals surface area contributed by atoms with Crippen molar-refractivity contribution in [3.63, 3.8) is 0 Å². The van der Waals surface area contributed by atoms with Crippen molar-refractivity contribution in [2.45, 2.75) is 12.5 Å². The summed E-state index contributed by atoms with van der Waals surface area (Å²) in [7, 11) is 5.58. The number of benzene rings is 3. The van der Waals surface area contributed by atoms with Gasteiger partial charge in [-0.2, -0.15) is 0 Å². The molecule has 0 saturated heterocycles. The molecule has 0 bridgehead atoms. The third kappa shape index (κ3) is 4.51. The number of nitrogens with zero attached hydrogens (tertiary/aromatic N) is 2. The van der Waals surface area contributed by atoms with Crippen LogP contribution in [0.15, 0.2) is 60.8 Å². The molecule has 0 amide bonds. The van der Waals surface area contributed by atoms with Gasteiger partial charge >= 0.3 is 11.9 Å². The summed E-state index contributed by atoms with van der Waals surface area (Å²) < 4.78 is 21.2. The SMILES string of the molecule is COC(=O)c1cc2cc(OC)c(OC)cc2c(-c2ccnc(N3CC[C@H](O)c4ccccc43)c2)c1C(=O)OC. The Morgan fingerprint density at radius 2 is 1.64 bits per heavy atom. The number of rotatable bonds is 6. The number of pyridine rings is 1. The van der Waals surface area contributed by atoms with Crippen molar-refractivity contribution in [2.24, 2.45) is 0 Å². The Labute approximate surface area is 225 Å². The van der Waals surface area contributed by atoms with E-state index < -0.39 is 18.0 Å². The quantitative estimate of drug-likeness (QED) is 0.343. The van der Waals surface area contributed by atoms with E-state index in [0.29, 0.717) is 52.2 Å². The van der Waals surface area contributed by atoms with E-state index in [1.165, 1.54) is 28.4 Å². The molecule has 9 nitrogen and oxygen atoms in total. The number of hydrogen-bond acceptors (Lipinski definition) is 9. The zero-order valence-corrected chi connectivity index (χ0v) is 22.1. The normalized spacial score (nSPS) is 14.5. The van der Waals surface area contributed by atoms with Gasteiger partial charge in [-0.25, -0.2) is 14.6 Å². The molecular weight excluding hydrogens is 500 g/mol. The second kappa shape index (κ2) is 10.6. The van der Waals surface area contributed by atoms with E-state index in [4.69, 9.17) is 18.9 Å². The molecule has 200 valence electrons. The Morgan fingerprint density at radius 1 is 0.923 bits per heavy atom. The third-order valence-electron chi connectivity index (χ3n) is 6.96. The fourth-order valence-electron chi connectivity index (χ4n) is 5.11. The Bertz CT molecular complexity index is 1580. The average molecular weight is 529 g/mol. The molecule has 5 rings (SSSR count). The van der Waals surface area contributed by atoms with E-state index in [0.717, 1.165) is 11.3 Å². The second-order valence-corrected chi connectivity index (χ2v) is 9.00. The van der Waals surface area contributed by atoms with E-state index in [-0.39, 0.29) is 11.1 Å². The molecule has 0 fully saturated rings. The van der Waals surface area contributed by atoms with Crippen LogP contribution in [0.25, 0.3) is 21.9 Å². The summed E-state index contributed by atoms with van der Waals surface area (Å²) in [6, 6.07) is 16.4. The number of carbonyl (C=O) groups is 2. The standard InChI is InChI=1S/C30H28N2O7/c1-36-24-14-18-13-21(29(34)38-3)28(30(35)39-4)27(20(18)16-25(24)37-2)17-9-11-31-26(15-17)32-12-10-23(33)19-7-5-6-8-22(19)32/h5-9,11,13-16,23,33H,10,12H2,1-4H3/t23-/m0/s1. The second-order valence-electron chi connectivity index (χ2n) is 9.00. The van der Waals surface area contributed by atoms with Crippen LogP contribution < -0.4 is 14.4 Å². The number of aliphatic hydroxyl groups is 1. The summed E-state index contributed by atoms with van der Waals surface area (Å²) in [4.78, 5) is 32.8. The fraction of sp³-hybridized carbons (Fsp3) is 0.233. The number of ether oxygens (including phenoxy) is 4. The van der Waals surface area contributed by atoms with Crippen molar-refractivity contribution < 1.29 is 33.6 Å². The molecule has 3 aromatic carbocycles. The van der Waals surface area contributed by atoms with Crippen molar-refractivity contribution in [1.82, 2.24) is 4.98 Å². The molecule has 1 N–H and O–H groups in total. The van der Waals surface area contributed by atoms with E-state index in [1.54, 1.807) is 30.5 Å². The number of hydrogen-bond donors (Lipinski definition) is 1. The first-order valence-electron chi connectivity index (χ1n) is 12.3. The highest BCUT2D eigenvalue weighted by Gasteiger charge is 2.29. The molecule has 0 spiro atoms. The summed E-state index contributed by atoms with van der Waals surface area (Å²) in [6.07, 6.45) is 1.62. The number of para-hydroxylation sites is 1. The summed E-state index contributed by atoms with van der Waals surface area (Å²) in [5.74, 6) is 0.186. The summed E-state index contributed by atoms with van der Waals surface area (Å²) in [5.41, 5.74) is 2.90. The minimum Gasteiger partial charge on any atom is -0.493 e. The van der Waals surface area contributed by atoms with Gasteiger partial charge in [0.1, 0.15) is 5.82 Å². The van der Waals surface area contributed by atoms with Crippen LogP contribution in [0.3, 0.4) is 0 Å². The minimum atomic E-state index is -0.688. The van der Waals surface area contributed by atoms with Gasteiger partial charge in [0.2, 0.25) is 0 Å². The van der Waals surface area contributed by atoms with Crippen LogP contribution in [0.5, 0.6) is 11.5 Å². The molecular formula is C30H28N2O7. The highest BCUT2D eigenvalue weighted by atomic mass is 16.5. The van der Waals surface area contributed by atoms with Crippen molar-refractivity contribution in [3.8, 4) is 22.6 Å². The van der Waals surface area contributed by atoms with Crippen LogP contribution >= 0.6 is 0 Å². The average Bonchev–Trinajstić information content (AvgIpc) is 2.98. The number of aliphatic hydroxyl groups excluding tert-OH is 1. The van der Waals surface area contributed by atoms with Crippen LogP contribution in [-0.4, -0.2) is 57.0 Å². The first-order valence-corrected chi connectivity index (χ1v) is 12.3. The Kier molecular flexibility index (Phi) is 7.08. The zero-order chi connectivity index (χ0) is 27.7. The van der Waals surface area contributed by atoms with Gasteiger partial charge in [-0.1, -0.05) is 18.2 Å². The molecule has 0 aliphatic carbocycles. The number of carbonyl (C=O) groups excluding carboxylic acids is 2. The molecule has 39 heavy (non-hydrogen) atoms. The lowest BCUT2D eigenvalue weighted by Crippen LogP contribution is -2.27. The predicted octanol–water partition coefficient (Wildman–Crippen LogP) is 5.07. The molecule has 0 saturated carbocycles. The van der Waals surface area contributed by atoms with Crippen molar-refractivity contribution in [1.29, 1.82) is 0 Å². The maximum Gasteiger partial charge on any atom is 0.339 e. The third-order valence-corrected chi connectivity index (χ3v) is 6.96. The molecule has 2 heterocycles. The maximum atomic E-state index is 13.2. The summed E-state index contributed by atoms with van der Waals surface area (Å²) >= 11 is 0. The predicted molar refractivity (Wildman–Crippen MR) is 146 cm³/mol. The van der Waals surface area contributed by atoms with Crippen molar-refractivity contribution in [2.75, 3.05) is 39.9 Å². The first-order chi connectivity index (χ1) is 18.9. The van der Waals surface area contributed by atoms with Crippen LogP contribution in [0, 0.1) is 0 Å². The molecule has 1 atom stereocenters. The molecule has 0 radical (unpaired) electrons. The van der Waals surface area contributed by atoms with Gasteiger partial charge < -0.3 is 29.0 Å². The van der Waals surface area contributed by atoms with Gasteiger partial charge in [0.05, 0.1) is 45.7 Å². The number of anilines is 2. The molecule has 1 aliphatic rings. The van der Waals surface area contributed by atoms with Gasteiger partial charge in [0.15, 0.2) is 11.5 Å². The zero-order valence-electron chi connectivity index (χ0n) is 22.1. The Balaban J connectivity index is 1.81. The lowest BCUT2D eigenvalue weighted by molar-refractivity contribution is 0.0556. The molecule has 0 unspecified atom stereocenters. The lowest BCUT2D eigenvalue weighted by atomic mass is 9.89. The number of esters is 2. The maximum absolute atomic E-state index is 13.2. The fourth-order valence-corrected chi connectivity index (χ4v) is 5.11. The number of aromatic nitrogens is 1. The molecule has 1 aliphatic heterocycles. The largest absolute Gasteiger partial charge is 0.493 e. The van der Waals surface area contributed by atoms with Crippen LogP contribution in [-0.2, 0) is 9.47 Å². The Hall–Kier alpha value is -4.63. The first kappa shape index (κ1) is 26.0.